The minimum atomic E-state index is -0.491. The first kappa shape index (κ1) is 18.6. The van der Waals surface area contributed by atoms with Crippen LogP contribution in [-0.4, -0.2) is 22.8 Å². The highest BCUT2D eigenvalue weighted by Gasteiger charge is 2.34. The van der Waals surface area contributed by atoms with Crippen LogP contribution in [0.1, 0.15) is 31.4 Å². The first-order chi connectivity index (χ1) is 12.4. The van der Waals surface area contributed by atoms with Gasteiger partial charge in [-0.1, -0.05) is 60.1 Å². The van der Waals surface area contributed by atoms with Crippen molar-refractivity contribution in [2.75, 3.05) is 5.32 Å². The van der Waals surface area contributed by atoms with Crippen molar-refractivity contribution in [3.05, 3.63) is 64.1 Å². The highest BCUT2D eigenvalue weighted by molar-refractivity contribution is 9.10. The summed E-state index contributed by atoms with van der Waals surface area (Å²) in [5, 5.41) is 2.96. The van der Waals surface area contributed by atoms with Crippen molar-refractivity contribution in [3.8, 4) is 0 Å². The molecule has 0 saturated carbocycles. The first-order valence-electron chi connectivity index (χ1n) is 8.86. The Morgan fingerprint density at radius 3 is 2.58 bits per heavy atom. The van der Waals surface area contributed by atoms with E-state index >= 15 is 0 Å². The van der Waals surface area contributed by atoms with Gasteiger partial charge in [0.25, 0.3) is 0 Å². The van der Waals surface area contributed by atoms with Crippen LogP contribution < -0.4 is 5.32 Å². The summed E-state index contributed by atoms with van der Waals surface area (Å²) in [5.41, 5.74) is 2.98. The molecule has 0 spiro atoms. The Labute approximate surface area is 162 Å². The first-order valence-corrected chi connectivity index (χ1v) is 9.66. The standard InChI is InChI=1S/C21H23BrN2O2/c1-14(2)10-20(25)24-13-16-7-4-3-6-15(16)11-19(24)21(26)23-18-9-5-8-17(22)12-18/h3-9,12,14,19H,10-11,13H2,1-2H3,(H,23,26). The van der Waals surface area contributed by atoms with E-state index in [9.17, 15) is 9.59 Å². The average molecular weight is 415 g/mol. The number of nitrogens with zero attached hydrogens (tertiary/aromatic N) is 1. The van der Waals surface area contributed by atoms with Gasteiger partial charge >= 0.3 is 0 Å². The average Bonchev–Trinajstić information content (AvgIpc) is 2.60. The Morgan fingerprint density at radius 2 is 1.88 bits per heavy atom. The lowest BCUT2D eigenvalue weighted by Gasteiger charge is -2.36. The van der Waals surface area contributed by atoms with E-state index < -0.39 is 6.04 Å². The second kappa shape index (κ2) is 8.04. The smallest absolute Gasteiger partial charge is 0.247 e. The molecule has 1 aliphatic heterocycles. The number of carbonyl (C=O) groups excluding carboxylic acids is 2. The lowest BCUT2D eigenvalue weighted by molar-refractivity contribution is -0.140. The normalized spacial score (nSPS) is 16.3. The number of halogens is 1. The predicted molar refractivity (Wildman–Crippen MR) is 107 cm³/mol. The van der Waals surface area contributed by atoms with Crippen LogP contribution in [0.2, 0.25) is 0 Å². The van der Waals surface area contributed by atoms with Gasteiger partial charge in [-0.2, -0.15) is 0 Å². The molecular weight excluding hydrogens is 392 g/mol. The number of rotatable bonds is 4. The van der Waals surface area contributed by atoms with Crippen molar-refractivity contribution in [3.63, 3.8) is 0 Å². The van der Waals surface area contributed by atoms with Crippen molar-refractivity contribution in [1.29, 1.82) is 0 Å². The third-order valence-electron chi connectivity index (χ3n) is 4.55. The number of hydrogen-bond acceptors (Lipinski definition) is 2. The fraction of sp³-hybridized carbons (Fsp3) is 0.333. The van der Waals surface area contributed by atoms with Gasteiger partial charge in [-0.15, -0.1) is 0 Å². The summed E-state index contributed by atoms with van der Waals surface area (Å²) in [5.74, 6) is 0.145. The highest BCUT2D eigenvalue weighted by atomic mass is 79.9. The molecule has 2 aromatic rings. The summed E-state index contributed by atoms with van der Waals surface area (Å²) >= 11 is 3.42. The molecular formula is C21H23BrN2O2. The Kier molecular flexibility index (Phi) is 5.77. The molecule has 2 aromatic carbocycles. The van der Waals surface area contributed by atoms with E-state index in [-0.39, 0.29) is 17.7 Å². The van der Waals surface area contributed by atoms with Crippen LogP contribution in [0, 0.1) is 5.92 Å². The van der Waals surface area contributed by atoms with E-state index in [4.69, 9.17) is 0 Å². The molecule has 2 amide bonds. The molecule has 136 valence electrons. The van der Waals surface area contributed by atoms with Gasteiger partial charge in [-0.05, 0) is 35.2 Å². The monoisotopic (exact) mass is 414 g/mol. The fourth-order valence-electron chi connectivity index (χ4n) is 3.28. The van der Waals surface area contributed by atoms with E-state index in [2.05, 4.69) is 21.2 Å². The van der Waals surface area contributed by atoms with Gasteiger partial charge in [-0.25, -0.2) is 0 Å². The molecule has 1 unspecified atom stereocenters. The summed E-state index contributed by atoms with van der Waals surface area (Å²) in [6.45, 7) is 4.52. The molecule has 0 saturated heterocycles. The van der Waals surface area contributed by atoms with Crippen LogP contribution in [0.4, 0.5) is 5.69 Å². The Bertz CT molecular complexity index is 819. The molecule has 26 heavy (non-hydrogen) atoms. The zero-order valence-electron chi connectivity index (χ0n) is 15.0. The number of fused-ring (bicyclic) bond motifs is 1. The summed E-state index contributed by atoms with van der Waals surface area (Å²) in [4.78, 5) is 27.5. The summed E-state index contributed by atoms with van der Waals surface area (Å²) in [6.07, 6.45) is 0.989. The van der Waals surface area contributed by atoms with E-state index in [0.29, 0.717) is 19.4 Å². The molecule has 0 bridgehead atoms. The van der Waals surface area contributed by atoms with Gasteiger partial charge in [0.1, 0.15) is 6.04 Å². The second-order valence-corrected chi connectivity index (χ2v) is 8.02. The van der Waals surface area contributed by atoms with Gasteiger partial charge in [0.15, 0.2) is 0 Å². The van der Waals surface area contributed by atoms with E-state index in [0.717, 1.165) is 21.3 Å². The van der Waals surface area contributed by atoms with Crippen molar-refractivity contribution >= 4 is 33.4 Å². The van der Waals surface area contributed by atoms with E-state index in [1.165, 1.54) is 0 Å². The zero-order chi connectivity index (χ0) is 18.7. The van der Waals surface area contributed by atoms with Gasteiger partial charge in [0.2, 0.25) is 11.8 Å². The quantitative estimate of drug-likeness (QED) is 0.806. The molecule has 1 aliphatic rings. The number of benzene rings is 2. The highest BCUT2D eigenvalue weighted by Crippen LogP contribution is 2.26. The minimum Gasteiger partial charge on any atom is -0.326 e. The second-order valence-electron chi connectivity index (χ2n) is 7.11. The summed E-state index contributed by atoms with van der Waals surface area (Å²) < 4.78 is 0.900. The van der Waals surface area contributed by atoms with Crippen molar-refractivity contribution < 1.29 is 9.59 Å². The maximum absolute atomic E-state index is 13.0. The SMILES string of the molecule is CC(C)CC(=O)N1Cc2ccccc2CC1C(=O)Nc1cccc(Br)c1. The number of nitrogens with one attached hydrogen (secondary N) is 1. The summed E-state index contributed by atoms with van der Waals surface area (Å²) in [6, 6.07) is 15.0. The van der Waals surface area contributed by atoms with Crippen molar-refractivity contribution in [1.82, 2.24) is 4.90 Å². The molecule has 0 radical (unpaired) electrons. The van der Waals surface area contributed by atoms with Gasteiger partial charge in [0.05, 0.1) is 0 Å². The third-order valence-corrected chi connectivity index (χ3v) is 5.04. The fourth-order valence-corrected chi connectivity index (χ4v) is 3.68. The van der Waals surface area contributed by atoms with Crippen LogP contribution in [0.5, 0.6) is 0 Å². The molecule has 1 atom stereocenters. The Hall–Kier alpha value is -2.14. The maximum atomic E-state index is 13.0. The molecule has 0 fully saturated rings. The molecule has 0 aliphatic carbocycles. The number of carbonyl (C=O) groups is 2. The van der Waals surface area contributed by atoms with Crippen LogP contribution in [0.3, 0.4) is 0 Å². The number of amides is 2. The predicted octanol–water partition coefficient (Wildman–Crippen LogP) is 4.39. The van der Waals surface area contributed by atoms with Gasteiger partial charge in [-0.3, -0.25) is 9.59 Å². The van der Waals surface area contributed by atoms with Gasteiger partial charge in [0, 0.05) is 29.5 Å². The van der Waals surface area contributed by atoms with Crippen LogP contribution in [-0.2, 0) is 22.6 Å². The lowest BCUT2D eigenvalue weighted by atomic mass is 9.92. The Balaban J connectivity index is 1.85. The largest absolute Gasteiger partial charge is 0.326 e. The third kappa shape index (κ3) is 4.33. The lowest BCUT2D eigenvalue weighted by Crippen LogP contribution is -2.50. The molecule has 3 rings (SSSR count). The summed E-state index contributed by atoms with van der Waals surface area (Å²) in [7, 11) is 0. The minimum absolute atomic E-state index is 0.0314. The van der Waals surface area contributed by atoms with Crippen molar-refractivity contribution in [2.24, 2.45) is 5.92 Å². The van der Waals surface area contributed by atoms with Crippen LogP contribution >= 0.6 is 15.9 Å². The molecule has 0 aromatic heterocycles. The Morgan fingerprint density at radius 1 is 1.15 bits per heavy atom. The number of hydrogen-bond donors (Lipinski definition) is 1. The van der Waals surface area contributed by atoms with E-state index in [1.54, 1.807) is 4.90 Å². The van der Waals surface area contributed by atoms with Gasteiger partial charge < -0.3 is 10.2 Å². The molecule has 4 nitrogen and oxygen atoms in total. The van der Waals surface area contributed by atoms with Crippen molar-refractivity contribution in [2.45, 2.75) is 39.3 Å². The number of anilines is 1. The van der Waals surface area contributed by atoms with E-state index in [1.807, 2.05) is 62.4 Å². The van der Waals surface area contributed by atoms with Crippen LogP contribution in [0.15, 0.2) is 53.0 Å². The topological polar surface area (TPSA) is 49.4 Å². The zero-order valence-corrected chi connectivity index (χ0v) is 16.6. The molecule has 1 heterocycles. The maximum Gasteiger partial charge on any atom is 0.247 e. The molecule has 5 heteroatoms. The van der Waals surface area contributed by atoms with Crippen LogP contribution in [0.25, 0.3) is 0 Å². The molecule has 1 N–H and O–H groups in total.